The first-order valence-corrected chi connectivity index (χ1v) is 12.1. The van der Waals surface area contributed by atoms with Gasteiger partial charge in [0.1, 0.15) is 16.9 Å². The molecule has 7 heteroatoms. The number of likely N-dealkylation sites (tertiary alicyclic amines) is 1. The Bertz CT molecular complexity index is 1160. The molecular weight excluding hydrogens is 422 g/mol. The molecule has 5 rings (SSSR count). The zero-order valence-corrected chi connectivity index (χ0v) is 19.2. The normalized spacial score (nSPS) is 22.1. The van der Waals surface area contributed by atoms with Gasteiger partial charge in [-0.05, 0) is 75.5 Å². The van der Waals surface area contributed by atoms with Crippen molar-refractivity contribution in [2.75, 3.05) is 13.1 Å². The van der Waals surface area contributed by atoms with Crippen LogP contribution in [0, 0.1) is 12.8 Å². The number of aryl methyl sites for hydroxylation is 2. The molecule has 1 aromatic heterocycles. The van der Waals surface area contributed by atoms with Gasteiger partial charge in [-0.1, -0.05) is 6.42 Å². The lowest BCUT2D eigenvalue weighted by Gasteiger charge is -2.41. The van der Waals surface area contributed by atoms with Crippen molar-refractivity contribution in [2.24, 2.45) is 5.92 Å². The van der Waals surface area contributed by atoms with Crippen LogP contribution < -0.4 is 10.4 Å². The number of carbonyl (C=O) groups is 2. The Morgan fingerprint density at radius 1 is 1.15 bits per heavy atom. The van der Waals surface area contributed by atoms with Crippen LogP contribution in [-0.4, -0.2) is 40.6 Å². The summed E-state index contributed by atoms with van der Waals surface area (Å²) < 4.78 is 12.1. The molecular formula is C26H31NO6. The SMILES string of the molecule is Cc1c(CC(=O)N2CCCC(C(=O)O)C2)c(=O)oc2cc3c(cc12)CCC1(CCCCC1)O3. The number of hydrogen-bond acceptors (Lipinski definition) is 5. The molecule has 2 aliphatic heterocycles. The molecule has 1 unspecified atom stereocenters. The van der Waals surface area contributed by atoms with Crippen molar-refractivity contribution in [3.8, 4) is 5.75 Å². The number of amides is 1. The number of hydrogen-bond donors (Lipinski definition) is 1. The number of carboxylic acids is 1. The smallest absolute Gasteiger partial charge is 0.340 e. The summed E-state index contributed by atoms with van der Waals surface area (Å²) in [4.78, 5) is 38.7. The van der Waals surface area contributed by atoms with E-state index in [-0.39, 0.29) is 24.5 Å². The summed E-state index contributed by atoms with van der Waals surface area (Å²) in [6.07, 6.45) is 8.90. The number of carboxylic acid groups (broad SMARTS) is 1. The summed E-state index contributed by atoms with van der Waals surface area (Å²) in [5, 5.41) is 10.1. The number of nitrogens with zero attached hydrogens (tertiary/aromatic N) is 1. The minimum atomic E-state index is -0.879. The molecule has 0 radical (unpaired) electrons. The van der Waals surface area contributed by atoms with Crippen molar-refractivity contribution in [1.82, 2.24) is 4.90 Å². The maximum Gasteiger partial charge on any atom is 0.340 e. The lowest BCUT2D eigenvalue weighted by Crippen LogP contribution is -2.43. The number of piperidine rings is 1. The highest BCUT2D eigenvalue weighted by atomic mass is 16.5. The van der Waals surface area contributed by atoms with Crippen LogP contribution in [0.3, 0.4) is 0 Å². The van der Waals surface area contributed by atoms with Gasteiger partial charge in [0.25, 0.3) is 0 Å². The van der Waals surface area contributed by atoms with Crippen molar-refractivity contribution in [2.45, 2.75) is 76.7 Å². The monoisotopic (exact) mass is 453 g/mol. The number of aliphatic carboxylic acids is 1. The van der Waals surface area contributed by atoms with Crippen LogP contribution in [0.15, 0.2) is 21.3 Å². The first kappa shape index (κ1) is 22.0. The summed E-state index contributed by atoms with van der Waals surface area (Å²) in [5.41, 5.74) is 2.12. The minimum absolute atomic E-state index is 0.0762. The van der Waals surface area contributed by atoms with Gasteiger partial charge in [-0.3, -0.25) is 9.59 Å². The highest BCUT2D eigenvalue weighted by Gasteiger charge is 2.38. The molecule has 7 nitrogen and oxygen atoms in total. The van der Waals surface area contributed by atoms with Gasteiger partial charge >= 0.3 is 11.6 Å². The highest BCUT2D eigenvalue weighted by molar-refractivity contribution is 5.86. The van der Waals surface area contributed by atoms with Gasteiger partial charge in [0.05, 0.1) is 17.9 Å². The number of carbonyl (C=O) groups excluding carboxylic acids is 1. The van der Waals surface area contributed by atoms with E-state index in [1.807, 2.05) is 19.1 Å². The molecule has 1 aliphatic carbocycles. The van der Waals surface area contributed by atoms with Crippen LogP contribution in [0.2, 0.25) is 0 Å². The molecule has 33 heavy (non-hydrogen) atoms. The summed E-state index contributed by atoms with van der Waals surface area (Å²) in [6.45, 7) is 2.57. The Hall–Kier alpha value is -2.83. The second-order valence-corrected chi connectivity index (χ2v) is 9.99. The topological polar surface area (TPSA) is 97.1 Å². The predicted molar refractivity (Wildman–Crippen MR) is 123 cm³/mol. The first-order chi connectivity index (χ1) is 15.8. The maximum atomic E-state index is 12.9. The molecule has 176 valence electrons. The maximum absolute atomic E-state index is 12.9. The Morgan fingerprint density at radius 2 is 1.94 bits per heavy atom. The van der Waals surface area contributed by atoms with Crippen LogP contribution in [-0.2, 0) is 22.4 Å². The zero-order chi connectivity index (χ0) is 23.2. The Morgan fingerprint density at radius 3 is 2.70 bits per heavy atom. The second kappa shape index (κ2) is 8.50. The first-order valence-electron chi connectivity index (χ1n) is 12.1. The van der Waals surface area contributed by atoms with Crippen LogP contribution in [0.1, 0.15) is 68.1 Å². The Kier molecular flexibility index (Phi) is 5.67. The number of fused-ring (bicyclic) bond motifs is 2. The molecule has 1 saturated heterocycles. The fourth-order valence-electron chi connectivity index (χ4n) is 5.82. The van der Waals surface area contributed by atoms with Gasteiger partial charge in [0.15, 0.2) is 0 Å². The zero-order valence-electron chi connectivity index (χ0n) is 19.2. The van der Waals surface area contributed by atoms with E-state index in [0.29, 0.717) is 30.5 Å². The van der Waals surface area contributed by atoms with Crippen LogP contribution in [0.4, 0.5) is 0 Å². The lowest BCUT2D eigenvalue weighted by atomic mass is 9.79. The van der Waals surface area contributed by atoms with E-state index in [1.165, 1.54) is 19.3 Å². The molecule has 3 heterocycles. The summed E-state index contributed by atoms with van der Waals surface area (Å²) in [6, 6.07) is 3.90. The molecule has 3 aliphatic rings. The average Bonchev–Trinajstić information content (AvgIpc) is 2.81. The van der Waals surface area contributed by atoms with Crippen molar-refractivity contribution < 1.29 is 23.8 Å². The number of ether oxygens (including phenoxy) is 1. The van der Waals surface area contributed by atoms with Crippen LogP contribution >= 0.6 is 0 Å². The van der Waals surface area contributed by atoms with Crippen molar-refractivity contribution in [1.29, 1.82) is 0 Å². The van der Waals surface area contributed by atoms with E-state index in [1.54, 1.807) is 4.90 Å². The van der Waals surface area contributed by atoms with E-state index in [2.05, 4.69) is 0 Å². The quantitative estimate of drug-likeness (QED) is 0.706. The molecule has 0 bridgehead atoms. The van der Waals surface area contributed by atoms with Gasteiger partial charge in [-0.25, -0.2) is 4.79 Å². The molecule has 2 fully saturated rings. The molecule has 2 aromatic rings. The fraction of sp³-hybridized carbons (Fsp3) is 0.577. The van der Waals surface area contributed by atoms with E-state index < -0.39 is 17.5 Å². The molecule has 1 amide bonds. The lowest BCUT2D eigenvalue weighted by molar-refractivity contribution is -0.145. The molecule has 1 N–H and O–H groups in total. The van der Waals surface area contributed by atoms with Gasteiger partial charge < -0.3 is 19.2 Å². The molecule has 1 atom stereocenters. The number of rotatable bonds is 3. The summed E-state index contributed by atoms with van der Waals surface area (Å²) >= 11 is 0. The van der Waals surface area contributed by atoms with E-state index in [9.17, 15) is 19.5 Å². The van der Waals surface area contributed by atoms with Gasteiger partial charge in [-0.15, -0.1) is 0 Å². The number of benzene rings is 1. The Labute approximate surface area is 192 Å². The second-order valence-electron chi connectivity index (χ2n) is 9.99. The summed E-state index contributed by atoms with van der Waals surface area (Å²) in [7, 11) is 0. The van der Waals surface area contributed by atoms with E-state index in [4.69, 9.17) is 9.15 Å². The fourth-order valence-corrected chi connectivity index (χ4v) is 5.82. The van der Waals surface area contributed by atoms with E-state index >= 15 is 0 Å². The molecule has 1 aromatic carbocycles. The Balaban J connectivity index is 1.42. The van der Waals surface area contributed by atoms with Crippen LogP contribution in [0.25, 0.3) is 11.0 Å². The van der Waals surface area contributed by atoms with Crippen LogP contribution in [0.5, 0.6) is 5.75 Å². The summed E-state index contributed by atoms with van der Waals surface area (Å²) in [5.74, 6) is -0.835. The van der Waals surface area contributed by atoms with Gasteiger partial charge in [0, 0.05) is 24.5 Å². The largest absolute Gasteiger partial charge is 0.487 e. The van der Waals surface area contributed by atoms with Crippen molar-refractivity contribution in [3.63, 3.8) is 0 Å². The van der Waals surface area contributed by atoms with E-state index in [0.717, 1.165) is 47.9 Å². The van der Waals surface area contributed by atoms with Crippen molar-refractivity contribution in [3.05, 3.63) is 39.2 Å². The van der Waals surface area contributed by atoms with Gasteiger partial charge in [-0.2, -0.15) is 0 Å². The third-order valence-corrected chi connectivity index (χ3v) is 7.86. The molecule has 1 saturated carbocycles. The minimum Gasteiger partial charge on any atom is -0.487 e. The van der Waals surface area contributed by atoms with Gasteiger partial charge in [0.2, 0.25) is 5.91 Å². The molecule has 1 spiro atoms. The van der Waals surface area contributed by atoms with Crippen molar-refractivity contribution >= 4 is 22.8 Å². The third kappa shape index (κ3) is 4.13. The highest BCUT2D eigenvalue weighted by Crippen LogP contribution is 2.43. The third-order valence-electron chi connectivity index (χ3n) is 7.86. The average molecular weight is 454 g/mol. The predicted octanol–water partition coefficient (Wildman–Crippen LogP) is 4.00. The standard InChI is InChI=1S/C26H31NO6/c1-16-19-12-17-7-10-26(8-3-2-4-9-26)33-21(17)14-22(19)32-25(31)20(16)13-23(28)27-11-5-6-18(15-27)24(29)30/h12,14,18H,2-11,13,15H2,1H3,(H,29,30).